The van der Waals surface area contributed by atoms with Gasteiger partial charge < -0.3 is 10.7 Å². The van der Waals surface area contributed by atoms with Crippen molar-refractivity contribution in [3.05, 3.63) is 30.0 Å². The zero-order chi connectivity index (χ0) is 10.4. The van der Waals surface area contributed by atoms with Gasteiger partial charge in [-0.05, 0) is 22.9 Å². The van der Waals surface area contributed by atoms with Crippen molar-refractivity contribution in [1.82, 2.24) is 9.97 Å². The van der Waals surface area contributed by atoms with Gasteiger partial charge in [-0.25, -0.2) is 4.98 Å². The number of rotatable bonds is 4. The summed E-state index contributed by atoms with van der Waals surface area (Å²) in [6, 6.07) is 0. The van der Waals surface area contributed by atoms with Crippen molar-refractivity contribution in [3.8, 4) is 0 Å². The zero-order valence-corrected chi connectivity index (χ0v) is 9.58. The molecule has 0 unspecified atom stereocenters. The number of allylic oxidation sites excluding steroid dienone is 1. The lowest BCUT2D eigenvalue weighted by atomic mass is 10.2. The van der Waals surface area contributed by atoms with Crippen LogP contribution in [0.2, 0.25) is 0 Å². The van der Waals surface area contributed by atoms with Gasteiger partial charge in [0.25, 0.3) is 0 Å². The molecule has 5 heteroatoms. The molecule has 14 heavy (non-hydrogen) atoms. The highest BCUT2D eigenvalue weighted by Crippen LogP contribution is 2.09. The molecule has 0 aliphatic rings. The van der Waals surface area contributed by atoms with E-state index in [1.165, 1.54) is 0 Å². The predicted octanol–water partition coefficient (Wildman–Crippen LogP) is 1.61. The fourth-order valence-corrected chi connectivity index (χ4v) is 1.54. The third-order valence-corrected chi connectivity index (χ3v) is 2.44. The molecule has 1 aromatic heterocycles. The number of hydrogen-bond acceptors (Lipinski definition) is 3. The van der Waals surface area contributed by atoms with Gasteiger partial charge in [-0.15, -0.1) is 0 Å². The average Bonchev–Trinajstić information content (AvgIpc) is 2.66. The first-order chi connectivity index (χ1) is 6.77. The normalized spacial score (nSPS) is 13.3. The molecule has 0 saturated heterocycles. The molecule has 0 aromatic carbocycles. The maximum Gasteiger partial charge on any atom is 0.110 e. The Labute approximate surface area is 91.5 Å². The summed E-state index contributed by atoms with van der Waals surface area (Å²) in [5.41, 5.74) is 6.44. The molecule has 4 nitrogen and oxygen atoms in total. The molecule has 1 rings (SSSR count). The van der Waals surface area contributed by atoms with Crippen LogP contribution in [0, 0.1) is 0 Å². The van der Waals surface area contributed by atoms with Crippen molar-refractivity contribution in [1.29, 1.82) is 0 Å². The quantitative estimate of drug-likeness (QED) is 0.804. The second-order valence-corrected chi connectivity index (χ2v) is 3.42. The van der Waals surface area contributed by atoms with E-state index in [2.05, 4.69) is 30.9 Å². The van der Waals surface area contributed by atoms with E-state index < -0.39 is 0 Å². The highest BCUT2D eigenvalue weighted by Gasteiger charge is 2.05. The summed E-state index contributed by atoms with van der Waals surface area (Å²) in [6.45, 7) is 2.71. The lowest BCUT2D eigenvalue weighted by molar-refractivity contribution is 1.03. The van der Waals surface area contributed by atoms with Crippen molar-refractivity contribution >= 4 is 20.6 Å². The summed E-state index contributed by atoms with van der Waals surface area (Å²) < 4.78 is 0.791. The van der Waals surface area contributed by atoms with Gasteiger partial charge in [0, 0.05) is 37.1 Å². The van der Waals surface area contributed by atoms with Gasteiger partial charge in [-0.2, -0.15) is 0 Å². The van der Waals surface area contributed by atoms with Gasteiger partial charge >= 0.3 is 0 Å². The molecule has 76 valence electrons. The van der Waals surface area contributed by atoms with Crippen LogP contribution in [0.15, 0.2) is 29.2 Å². The fraction of sp³-hybridized carbons (Fsp3) is 0.333. The average molecular weight is 257 g/mol. The fourth-order valence-electron chi connectivity index (χ4n) is 1.02. The SMILES string of the molecule is CCN=C(Br)C(=CN)Cc1ncc[nH]1. The van der Waals surface area contributed by atoms with Gasteiger partial charge in [-0.3, -0.25) is 4.99 Å². The first-order valence-electron chi connectivity index (χ1n) is 4.37. The molecule has 3 N–H and O–H groups in total. The Morgan fingerprint density at radius 3 is 3.07 bits per heavy atom. The molecule has 0 atom stereocenters. The van der Waals surface area contributed by atoms with Crippen LogP contribution in [0.1, 0.15) is 12.7 Å². The Morgan fingerprint density at radius 1 is 1.79 bits per heavy atom. The first kappa shape index (κ1) is 11.0. The summed E-state index contributed by atoms with van der Waals surface area (Å²) in [7, 11) is 0. The summed E-state index contributed by atoms with van der Waals surface area (Å²) in [4.78, 5) is 11.4. The standard InChI is InChI=1S/C9H13BrN4/c1-2-12-9(10)7(6-11)5-8-13-3-4-14-8/h3-4,6H,2,5,11H2,1H3,(H,13,14). The Hall–Kier alpha value is -1.10. The molecule has 0 aliphatic carbocycles. The van der Waals surface area contributed by atoms with E-state index in [4.69, 9.17) is 5.73 Å². The maximum absolute atomic E-state index is 5.51. The van der Waals surface area contributed by atoms with Crippen LogP contribution in [-0.2, 0) is 6.42 Å². The molecule has 0 radical (unpaired) electrons. The number of aromatic nitrogens is 2. The topological polar surface area (TPSA) is 67.1 Å². The minimum absolute atomic E-state index is 0.660. The summed E-state index contributed by atoms with van der Waals surface area (Å²) in [5.74, 6) is 0.880. The number of hydrogen-bond donors (Lipinski definition) is 2. The molecule has 0 saturated carbocycles. The van der Waals surface area contributed by atoms with Crippen LogP contribution < -0.4 is 5.73 Å². The van der Waals surface area contributed by atoms with Gasteiger partial charge in [0.1, 0.15) is 10.4 Å². The Balaban J connectivity index is 2.70. The molecular weight excluding hydrogens is 244 g/mol. The van der Waals surface area contributed by atoms with Crippen molar-refractivity contribution < 1.29 is 0 Å². The predicted molar refractivity (Wildman–Crippen MR) is 61.5 cm³/mol. The smallest absolute Gasteiger partial charge is 0.110 e. The molecule has 0 spiro atoms. The monoisotopic (exact) mass is 256 g/mol. The van der Waals surface area contributed by atoms with Crippen molar-refractivity contribution in [3.63, 3.8) is 0 Å². The molecule has 0 bridgehead atoms. The van der Waals surface area contributed by atoms with Crippen molar-refractivity contribution in [2.75, 3.05) is 6.54 Å². The number of imidazole rings is 1. The number of nitrogens with zero attached hydrogens (tertiary/aromatic N) is 2. The second-order valence-electron chi connectivity index (χ2n) is 2.67. The lowest BCUT2D eigenvalue weighted by Gasteiger charge is -2.02. The number of H-pyrrole nitrogens is 1. The Kier molecular flexibility index (Phi) is 4.39. The molecular formula is C9H13BrN4. The molecule has 1 heterocycles. The second kappa shape index (κ2) is 5.59. The first-order valence-corrected chi connectivity index (χ1v) is 5.16. The number of aliphatic imine (C=N–C) groups is 1. The van der Waals surface area contributed by atoms with Crippen molar-refractivity contribution in [2.45, 2.75) is 13.3 Å². The molecule has 0 amide bonds. The Bertz CT molecular complexity index is 327. The molecule has 0 fully saturated rings. The van der Waals surface area contributed by atoms with Crippen LogP contribution in [0.25, 0.3) is 0 Å². The highest BCUT2D eigenvalue weighted by molar-refractivity contribution is 9.18. The number of nitrogens with two attached hydrogens (primary N) is 1. The largest absolute Gasteiger partial charge is 0.404 e. The third-order valence-electron chi connectivity index (χ3n) is 1.68. The minimum Gasteiger partial charge on any atom is -0.404 e. The van der Waals surface area contributed by atoms with E-state index in [1.54, 1.807) is 18.6 Å². The van der Waals surface area contributed by atoms with E-state index in [1.807, 2.05) is 6.92 Å². The lowest BCUT2D eigenvalue weighted by Crippen LogP contribution is -2.03. The minimum atomic E-state index is 0.660. The third kappa shape index (κ3) is 2.99. The number of nitrogens with one attached hydrogen (secondary N) is 1. The van der Waals surface area contributed by atoms with Gasteiger partial charge in [-0.1, -0.05) is 0 Å². The summed E-state index contributed by atoms with van der Waals surface area (Å²) in [5, 5.41) is 0. The van der Waals surface area contributed by atoms with E-state index in [9.17, 15) is 0 Å². The van der Waals surface area contributed by atoms with E-state index in [0.29, 0.717) is 6.42 Å². The van der Waals surface area contributed by atoms with Gasteiger partial charge in [0.05, 0.1) is 0 Å². The summed E-state index contributed by atoms with van der Waals surface area (Å²) >= 11 is 3.37. The van der Waals surface area contributed by atoms with Gasteiger partial charge in [0.2, 0.25) is 0 Å². The van der Waals surface area contributed by atoms with Crippen LogP contribution in [0.4, 0.5) is 0 Å². The number of aromatic amines is 1. The van der Waals surface area contributed by atoms with Gasteiger partial charge in [0.15, 0.2) is 0 Å². The summed E-state index contributed by atoms with van der Waals surface area (Å²) in [6.07, 6.45) is 5.71. The highest BCUT2D eigenvalue weighted by atomic mass is 79.9. The molecule has 0 aliphatic heterocycles. The van der Waals surface area contributed by atoms with Crippen LogP contribution in [-0.4, -0.2) is 21.1 Å². The maximum atomic E-state index is 5.51. The van der Waals surface area contributed by atoms with E-state index in [-0.39, 0.29) is 0 Å². The zero-order valence-electron chi connectivity index (χ0n) is 8.00. The molecule has 1 aromatic rings. The Morgan fingerprint density at radius 2 is 2.57 bits per heavy atom. The van der Waals surface area contributed by atoms with Crippen LogP contribution in [0.3, 0.4) is 0 Å². The van der Waals surface area contributed by atoms with Crippen LogP contribution in [0.5, 0.6) is 0 Å². The van der Waals surface area contributed by atoms with E-state index >= 15 is 0 Å². The number of halogens is 1. The van der Waals surface area contributed by atoms with Crippen molar-refractivity contribution in [2.24, 2.45) is 10.7 Å². The van der Waals surface area contributed by atoms with E-state index in [0.717, 1.165) is 22.6 Å². The van der Waals surface area contributed by atoms with Crippen LogP contribution >= 0.6 is 15.9 Å².